The number of fused-ring (bicyclic) bond motifs is 1. The molecule has 250 valence electrons. The first-order chi connectivity index (χ1) is 22.5. The van der Waals surface area contributed by atoms with Crippen molar-refractivity contribution >= 4 is 51.3 Å². The summed E-state index contributed by atoms with van der Waals surface area (Å²) in [4.78, 5) is 55.2. The maximum absolute atomic E-state index is 14.1. The van der Waals surface area contributed by atoms with Crippen molar-refractivity contribution in [2.24, 2.45) is 4.99 Å². The van der Waals surface area contributed by atoms with E-state index in [1.807, 2.05) is 0 Å². The number of nitrogens with zero attached hydrogens (tertiary/aromatic N) is 2. The largest absolute Gasteiger partial charge is 0.490 e. The molecule has 1 aliphatic rings. The molecule has 0 unspecified atom stereocenters. The lowest BCUT2D eigenvalue weighted by molar-refractivity contribution is -0.143. The van der Waals surface area contributed by atoms with Crippen LogP contribution in [-0.4, -0.2) is 67.7 Å². The molecule has 0 fully saturated rings. The fourth-order valence-electron chi connectivity index (χ4n) is 4.74. The van der Waals surface area contributed by atoms with Crippen LogP contribution in [0.25, 0.3) is 6.08 Å². The van der Waals surface area contributed by atoms with Crippen molar-refractivity contribution in [1.82, 2.24) is 4.57 Å². The molecule has 0 aliphatic carbocycles. The van der Waals surface area contributed by atoms with Crippen molar-refractivity contribution in [1.29, 1.82) is 0 Å². The van der Waals surface area contributed by atoms with Crippen molar-refractivity contribution in [3.63, 3.8) is 0 Å². The van der Waals surface area contributed by atoms with E-state index in [1.54, 1.807) is 64.1 Å². The van der Waals surface area contributed by atoms with E-state index in [4.69, 9.17) is 28.8 Å². The standard InChI is InChI=1S/C32H33BrN2O11S/c1-6-42-22-14-19(9-10-21(22)45-16-26(38)41-5)28-27(31(40)44-8-3)17(4)34-32-35(28)30(39)24(47-32)13-18-11-20(33)29(46-15-25(36)37)23(12-18)43-7-2/h9-14,28H,6-8,15-16H2,1-5H3,(H,36,37)/b24-13-/t28-/m0/s1. The summed E-state index contributed by atoms with van der Waals surface area (Å²) in [6, 6.07) is 7.30. The number of aliphatic carboxylic acids is 1. The summed E-state index contributed by atoms with van der Waals surface area (Å²) in [5, 5.41) is 9.07. The lowest BCUT2D eigenvalue weighted by atomic mass is 9.95. The molecular weight excluding hydrogens is 700 g/mol. The van der Waals surface area contributed by atoms with Crippen LogP contribution in [0.5, 0.6) is 23.0 Å². The minimum Gasteiger partial charge on any atom is -0.490 e. The third-order valence-electron chi connectivity index (χ3n) is 6.64. The number of esters is 2. The summed E-state index contributed by atoms with van der Waals surface area (Å²) < 4.78 is 34.7. The van der Waals surface area contributed by atoms with E-state index in [9.17, 15) is 19.2 Å². The van der Waals surface area contributed by atoms with Gasteiger partial charge in [0.05, 0.1) is 53.2 Å². The number of carboxylic acid groups (broad SMARTS) is 1. The molecular formula is C32H33BrN2O11S. The zero-order valence-corrected chi connectivity index (χ0v) is 28.7. The van der Waals surface area contributed by atoms with Crippen LogP contribution < -0.4 is 33.8 Å². The average Bonchev–Trinajstić information content (AvgIpc) is 3.32. The Hall–Kier alpha value is -4.63. The third kappa shape index (κ3) is 8.03. The van der Waals surface area contributed by atoms with E-state index >= 15 is 0 Å². The van der Waals surface area contributed by atoms with Crippen LogP contribution in [0, 0.1) is 0 Å². The van der Waals surface area contributed by atoms with Gasteiger partial charge in [-0.2, -0.15) is 0 Å². The van der Waals surface area contributed by atoms with Gasteiger partial charge in [-0.15, -0.1) is 0 Å². The SMILES string of the molecule is CCOC(=O)C1=C(C)N=c2s/c(=C\c3cc(Br)c(OCC(=O)O)c(OCC)c3)c(=O)n2[C@H]1c1ccc(OCC(=O)OC)c(OCC)c1. The minimum absolute atomic E-state index is 0.112. The molecule has 1 atom stereocenters. The number of thiazole rings is 1. The van der Waals surface area contributed by atoms with Crippen LogP contribution in [0.2, 0.25) is 0 Å². The Morgan fingerprint density at radius 1 is 0.979 bits per heavy atom. The monoisotopic (exact) mass is 732 g/mol. The number of halogens is 1. The first-order valence-electron chi connectivity index (χ1n) is 14.5. The summed E-state index contributed by atoms with van der Waals surface area (Å²) in [6.07, 6.45) is 1.65. The normalized spacial score (nSPS) is 14.2. The summed E-state index contributed by atoms with van der Waals surface area (Å²) >= 11 is 4.55. The van der Waals surface area contributed by atoms with Gasteiger partial charge < -0.3 is 33.5 Å². The van der Waals surface area contributed by atoms with Gasteiger partial charge in [0.25, 0.3) is 5.56 Å². The number of ether oxygens (including phenoxy) is 6. The number of rotatable bonds is 14. The number of hydrogen-bond donors (Lipinski definition) is 1. The number of aromatic nitrogens is 1. The zero-order valence-electron chi connectivity index (χ0n) is 26.3. The van der Waals surface area contributed by atoms with Gasteiger partial charge in [0.1, 0.15) is 0 Å². The Balaban J connectivity index is 1.88. The topological polar surface area (TPSA) is 161 Å². The van der Waals surface area contributed by atoms with Gasteiger partial charge in [0.15, 0.2) is 41.0 Å². The molecule has 47 heavy (non-hydrogen) atoms. The molecule has 1 aromatic heterocycles. The number of hydrogen-bond acceptors (Lipinski definition) is 12. The highest BCUT2D eigenvalue weighted by Crippen LogP contribution is 2.38. The van der Waals surface area contributed by atoms with Crippen LogP contribution >= 0.6 is 27.3 Å². The van der Waals surface area contributed by atoms with Gasteiger partial charge in [-0.1, -0.05) is 17.4 Å². The molecule has 4 rings (SSSR count). The van der Waals surface area contributed by atoms with E-state index in [-0.39, 0.29) is 43.5 Å². The van der Waals surface area contributed by atoms with Gasteiger partial charge in [0.2, 0.25) is 0 Å². The van der Waals surface area contributed by atoms with Gasteiger partial charge in [0, 0.05) is 0 Å². The number of benzene rings is 2. The molecule has 0 saturated carbocycles. The van der Waals surface area contributed by atoms with Crippen LogP contribution in [0.3, 0.4) is 0 Å². The van der Waals surface area contributed by atoms with Gasteiger partial charge in [-0.3, -0.25) is 9.36 Å². The molecule has 1 aliphatic heterocycles. The van der Waals surface area contributed by atoms with Crippen LogP contribution in [0.1, 0.15) is 44.9 Å². The van der Waals surface area contributed by atoms with Crippen molar-refractivity contribution < 1.29 is 47.9 Å². The second kappa shape index (κ2) is 15.8. The molecule has 0 amide bonds. The lowest BCUT2D eigenvalue weighted by Gasteiger charge is -2.25. The smallest absolute Gasteiger partial charge is 0.343 e. The van der Waals surface area contributed by atoms with Gasteiger partial charge in [-0.25, -0.2) is 19.4 Å². The molecule has 3 aromatic rings. The molecule has 0 spiro atoms. The molecule has 1 N–H and O–H groups in total. The molecule has 2 heterocycles. The van der Waals surface area contributed by atoms with Crippen molar-refractivity contribution in [3.05, 3.63) is 76.9 Å². The minimum atomic E-state index is -1.15. The summed E-state index contributed by atoms with van der Waals surface area (Å²) in [7, 11) is 1.25. The highest BCUT2D eigenvalue weighted by atomic mass is 79.9. The molecule has 15 heteroatoms. The van der Waals surface area contributed by atoms with E-state index < -0.39 is 36.1 Å². The second-order valence-electron chi connectivity index (χ2n) is 9.75. The van der Waals surface area contributed by atoms with E-state index in [0.29, 0.717) is 42.1 Å². The zero-order chi connectivity index (χ0) is 34.2. The van der Waals surface area contributed by atoms with Crippen LogP contribution in [-0.2, 0) is 23.9 Å². The van der Waals surface area contributed by atoms with E-state index in [2.05, 4.69) is 25.7 Å². The first-order valence-corrected chi connectivity index (χ1v) is 16.1. The fourth-order valence-corrected chi connectivity index (χ4v) is 6.37. The molecule has 0 saturated heterocycles. The quantitative estimate of drug-likeness (QED) is 0.242. The number of carbonyl (C=O) groups excluding carboxylic acids is 2. The number of carboxylic acids is 1. The predicted octanol–water partition coefficient (Wildman–Crippen LogP) is 3.37. The Bertz CT molecular complexity index is 1900. The molecule has 0 radical (unpaired) electrons. The maximum Gasteiger partial charge on any atom is 0.343 e. The van der Waals surface area contributed by atoms with E-state index in [0.717, 1.165) is 11.3 Å². The van der Waals surface area contributed by atoms with Crippen molar-refractivity contribution in [2.45, 2.75) is 33.7 Å². The number of carbonyl (C=O) groups is 3. The summed E-state index contributed by atoms with van der Waals surface area (Å²) in [5.74, 6) is -1.27. The molecule has 0 bridgehead atoms. The van der Waals surface area contributed by atoms with Crippen molar-refractivity contribution in [2.75, 3.05) is 40.1 Å². The number of allylic oxidation sites excluding steroid dienone is 1. The van der Waals surface area contributed by atoms with Gasteiger partial charge in [-0.05, 0) is 85.1 Å². The maximum atomic E-state index is 14.1. The van der Waals surface area contributed by atoms with Gasteiger partial charge >= 0.3 is 17.9 Å². The third-order valence-corrected chi connectivity index (χ3v) is 8.21. The van der Waals surface area contributed by atoms with Crippen LogP contribution in [0.15, 0.2) is 55.9 Å². The summed E-state index contributed by atoms with van der Waals surface area (Å²) in [6.45, 7) is 6.69. The lowest BCUT2D eigenvalue weighted by Crippen LogP contribution is -2.40. The van der Waals surface area contributed by atoms with E-state index in [1.165, 1.54) is 11.7 Å². The van der Waals surface area contributed by atoms with Crippen LogP contribution in [0.4, 0.5) is 0 Å². The predicted molar refractivity (Wildman–Crippen MR) is 174 cm³/mol. The second-order valence-corrected chi connectivity index (χ2v) is 11.6. The highest BCUT2D eigenvalue weighted by molar-refractivity contribution is 9.10. The Morgan fingerprint density at radius 2 is 1.70 bits per heavy atom. The van der Waals surface area contributed by atoms with Crippen molar-refractivity contribution in [3.8, 4) is 23.0 Å². The molecule has 13 nitrogen and oxygen atoms in total. The Kier molecular flexibility index (Phi) is 11.8. The Labute approximate surface area is 281 Å². The first kappa shape index (κ1) is 35.2. The Morgan fingerprint density at radius 3 is 2.36 bits per heavy atom. The highest BCUT2D eigenvalue weighted by Gasteiger charge is 2.34. The average molecular weight is 734 g/mol. The number of methoxy groups -OCH3 is 1. The fraction of sp³-hybridized carbons (Fsp3) is 0.344. The molecule has 2 aromatic carbocycles. The summed E-state index contributed by atoms with van der Waals surface area (Å²) in [5.41, 5.74) is 1.23.